The van der Waals surface area contributed by atoms with Crippen LogP contribution in [0.25, 0.3) is 0 Å². The van der Waals surface area contributed by atoms with Gasteiger partial charge in [-0.2, -0.15) is 0 Å². The van der Waals surface area contributed by atoms with Gasteiger partial charge < -0.3 is 39.1 Å². The first-order valence-corrected chi connectivity index (χ1v) is 15.7. The average Bonchev–Trinajstić information content (AvgIpc) is 3.02. The molecule has 0 aliphatic rings. The number of carbonyl (C=O) groups excluding carboxylic acids is 5. The van der Waals surface area contributed by atoms with E-state index in [4.69, 9.17) is 28.4 Å². The van der Waals surface area contributed by atoms with Gasteiger partial charge in [-0.05, 0) is 45.6 Å². The zero-order valence-corrected chi connectivity index (χ0v) is 27.7. The van der Waals surface area contributed by atoms with Crippen molar-refractivity contribution in [2.24, 2.45) is 11.8 Å². The number of hydrogen-bond donors (Lipinski definition) is 2. The Hall–Kier alpha value is -4.08. The highest BCUT2D eigenvalue weighted by molar-refractivity contribution is 14.1. The standard InChI is InChI=1S/C31H39IN2O11/c1-20(2)25(33-29(37)42-15-22-11-7-5-8-12-22)27(35)40-17-24(45-31(39)44-19-32)18-41-28(36)26(21(3)4)34-30(38)43-16-23-13-9-6-10-14-23/h5-14,20-21,24-26H,15-19H2,1-4H3,(H,33,37)(H,34,38)/t25-,26-/m0/s1. The molecule has 2 aromatic carbocycles. The summed E-state index contributed by atoms with van der Waals surface area (Å²) in [5.74, 6) is -2.43. The largest absolute Gasteiger partial charge is 0.509 e. The Kier molecular flexibility index (Phi) is 16.5. The summed E-state index contributed by atoms with van der Waals surface area (Å²) in [6, 6.07) is 15.8. The third kappa shape index (κ3) is 14.5. The Labute approximate surface area is 275 Å². The van der Waals surface area contributed by atoms with E-state index >= 15 is 0 Å². The van der Waals surface area contributed by atoms with E-state index in [9.17, 15) is 24.0 Å². The first-order chi connectivity index (χ1) is 21.5. The van der Waals surface area contributed by atoms with Gasteiger partial charge in [0.15, 0.2) is 6.10 Å². The van der Waals surface area contributed by atoms with Crippen molar-refractivity contribution in [2.45, 2.75) is 59.1 Å². The summed E-state index contributed by atoms with van der Waals surface area (Å²) in [4.78, 5) is 62.5. The van der Waals surface area contributed by atoms with Gasteiger partial charge >= 0.3 is 30.3 Å². The van der Waals surface area contributed by atoms with Crippen LogP contribution in [0.2, 0.25) is 0 Å². The van der Waals surface area contributed by atoms with Gasteiger partial charge in [-0.15, -0.1) is 0 Å². The van der Waals surface area contributed by atoms with E-state index in [1.807, 2.05) is 12.1 Å². The minimum atomic E-state index is -1.26. The summed E-state index contributed by atoms with van der Waals surface area (Å²) in [7, 11) is 0. The van der Waals surface area contributed by atoms with E-state index in [-0.39, 0.29) is 29.7 Å². The van der Waals surface area contributed by atoms with Gasteiger partial charge in [0.25, 0.3) is 0 Å². The van der Waals surface area contributed by atoms with Crippen LogP contribution in [-0.4, -0.2) is 66.3 Å². The maximum Gasteiger partial charge on any atom is 0.509 e. The number of rotatable bonds is 16. The lowest BCUT2D eigenvalue weighted by molar-refractivity contribution is -0.157. The van der Waals surface area contributed by atoms with Crippen molar-refractivity contribution >= 4 is 52.9 Å². The highest BCUT2D eigenvalue weighted by atomic mass is 127. The lowest BCUT2D eigenvalue weighted by atomic mass is 10.1. The van der Waals surface area contributed by atoms with E-state index in [1.165, 1.54) is 0 Å². The third-order valence-corrected chi connectivity index (χ3v) is 6.38. The van der Waals surface area contributed by atoms with Crippen LogP contribution in [0, 0.1) is 11.8 Å². The van der Waals surface area contributed by atoms with Crippen LogP contribution in [0.3, 0.4) is 0 Å². The third-order valence-electron chi connectivity index (χ3n) is 6.07. The molecule has 13 nitrogen and oxygen atoms in total. The predicted molar refractivity (Wildman–Crippen MR) is 169 cm³/mol. The Morgan fingerprint density at radius 3 is 1.38 bits per heavy atom. The van der Waals surface area contributed by atoms with Gasteiger partial charge in [-0.25, -0.2) is 24.0 Å². The molecular weight excluding hydrogens is 703 g/mol. The topological polar surface area (TPSA) is 165 Å². The molecule has 2 rings (SSSR count). The molecule has 0 bridgehead atoms. The summed E-state index contributed by atoms with van der Waals surface area (Å²) in [5, 5.41) is 4.96. The van der Waals surface area contributed by atoms with Crippen LogP contribution >= 0.6 is 22.6 Å². The fraction of sp³-hybridized carbons (Fsp3) is 0.452. The molecule has 2 N–H and O–H groups in total. The first-order valence-electron chi connectivity index (χ1n) is 14.2. The minimum absolute atomic E-state index is 0.00369. The number of alkyl halides is 1. The molecule has 0 unspecified atom stereocenters. The zero-order valence-electron chi connectivity index (χ0n) is 25.6. The number of alkyl carbamates (subject to hydrolysis) is 2. The van der Waals surface area contributed by atoms with Gasteiger partial charge in [0.1, 0.15) is 43.1 Å². The van der Waals surface area contributed by atoms with Crippen LogP contribution in [0.5, 0.6) is 0 Å². The predicted octanol–water partition coefficient (Wildman–Crippen LogP) is 4.89. The lowest BCUT2D eigenvalue weighted by Gasteiger charge is -2.24. The summed E-state index contributed by atoms with van der Waals surface area (Å²) in [6.45, 7) is 5.74. The molecule has 0 saturated heterocycles. The van der Waals surface area contributed by atoms with Gasteiger partial charge in [0, 0.05) is 0 Å². The summed E-state index contributed by atoms with van der Waals surface area (Å²) in [5.41, 5.74) is 1.53. The van der Waals surface area contributed by atoms with E-state index < -0.39 is 61.7 Å². The molecule has 0 heterocycles. The molecule has 0 fully saturated rings. The lowest BCUT2D eigenvalue weighted by Crippen LogP contribution is -2.47. The van der Waals surface area contributed by atoms with Gasteiger partial charge in [-0.3, -0.25) is 0 Å². The summed E-state index contributed by atoms with van der Waals surface area (Å²) in [6.07, 6.45) is -3.98. The van der Waals surface area contributed by atoms with Crippen LogP contribution in [0.15, 0.2) is 60.7 Å². The van der Waals surface area contributed by atoms with Crippen molar-refractivity contribution in [1.82, 2.24) is 10.6 Å². The molecule has 246 valence electrons. The highest BCUT2D eigenvalue weighted by Crippen LogP contribution is 2.10. The van der Waals surface area contributed by atoms with Crippen LogP contribution in [0.1, 0.15) is 38.8 Å². The molecule has 2 aromatic rings. The number of hydrogen-bond acceptors (Lipinski definition) is 11. The smallest absolute Gasteiger partial charge is 0.460 e. The molecule has 2 atom stereocenters. The SMILES string of the molecule is CC(C)[C@H](NC(=O)OCc1ccccc1)C(=O)OCC(COC(=O)[C@@H](NC(=O)OCc1ccccc1)C(C)C)OC(=O)OCI. The fourth-order valence-electron chi connectivity index (χ4n) is 3.64. The number of amides is 2. The number of benzene rings is 2. The van der Waals surface area contributed by atoms with Crippen LogP contribution in [0.4, 0.5) is 14.4 Å². The Balaban J connectivity index is 1.95. The fourth-order valence-corrected chi connectivity index (χ4v) is 3.89. The Morgan fingerprint density at radius 2 is 1.02 bits per heavy atom. The van der Waals surface area contributed by atoms with E-state index in [0.717, 1.165) is 11.1 Å². The van der Waals surface area contributed by atoms with E-state index in [2.05, 4.69) is 10.6 Å². The molecule has 2 amide bonds. The maximum atomic E-state index is 12.9. The maximum absolute atomic E-state index is 12.9. The zero-order chi connectivity index (χ0) is 33.2. The molecule has 0 aliphatic carbocycles. The molecular formula is C31H39IN2O11. The highest BCUT2D eigenvalue weighted by Gasteiger charge is 2.31. The van der Waals surface area contributed by atoms with Crippen molar-refractivity contribution in [3.63, 3.8) is 0 Å². The molecule has 0 spiro atoms. The van der Waals surface area contributed by atoms with Gasteiger partial charge in [0.2, 0.25) is 0 Å². The second-order valence-electron chi connectivity index (χ2n) is 10.4. The number of nitrogens with one attached hydrogen (secondary N) is 2. The Morgan fingerprint density at radius 1 is 0.622 bits per heavy atom. The van der Waals surface area contributed by atoms with E-state index in [1.54, 1.807) is 98.8 Å². The van der Waals surface area contributed by atoms with Crippen molar-refractivity contribution in [2.75, 3.05) is 17.8 Å². The van der Waals surface area contributed by atoms with Crippen LogP contribution < -0.4 is 10.6 Å². The molecule has 0 radical (unpaired) electrons. The van der Waals surface area contributed by atoms with Crippen molar-refractivity contribution in [3.05, 3.63) is 71.8 Å². The second-order valence-corrected chi connectivity index (χ2v) is 11.0. The molecule has 14 heteroatoms. The van der Waals surface area contributed by atoms with Gasteiger partial charge in [0.05, 0.1) is 0 Å². The molecule has 0 aliphatic heterocycles. The Bertz CT molecular complexity index is 1140. The summed E-state index contributed by atoms with van der Waals surface area (Å²) < 4.78 is 31.0. The molecule has 0 aromatic heterocycles. The molecule has 0 saturated carbocycles. The van der Waals surface area contributed by atoms with Crippen molar-refractivity contribution in [1.29, 1.82) is 0 Å². The quantitative estimate of drug-likeness (QED) is 0.104. The van der Waals surface area contributed by atoms with Gasteiger partial charge in [-0.1, -0.05) is 88.4 Å². The average molecular weight is 743 g/mol. The second kappa shape index (κ2) is 20.0. The number of ether oxygens (including phenoxy) is 6. The number of carbonyl (C=O) groups is 5. The van der Waals surface area contributed by atoms with Crippen molar-refractivity contribution < 1.29 is 52.4 Å². The first kappa shape index (κ1) is 37.1. The monoisotopic (exact) mass is 742 g/mol. The number of esters is 2. The molecule has 45 heavy (non-hydrogen) atoms. The normalized spacial score (nSPS) is 12.1. The van der Waals surface area contributed by atoms with E-state index in [0.29, 0.717) is 0 Å². The minimum Gasteiger partial charge on any atom is -0.460 e. The number of halogens is 1. The van der Waals surface area contributed by atoms with Crippen molar-refractivity contribution in [3.8, 4) is 0 Å². The van der Waals surface area contributed by atoms with Crippen LogP contribution in [-0.2, 0) is 51.2 Å². The summed E-state index contributed by atoms with van der Waals surface area (Å²) >= 11 is 1.79.